The Morgan fingerprint density at radius 3 is 2.73 bits per heavy atom. The minimum Gasteiger partial charge on any atom is -0.347 e. The molecule has 26 heavy (non-hydrogen) atoms. The van der Waals surface area contributed by atoms with Crippen LogP contribution in [-0.4, -0.2) is 22.0 Å². The summed E-state index contributed by atoms with van der Waals surface area (Å²) in [6.45, 7) is 6.64. The molecule has 2 amide bonds. The number of aryl methyl sites for hydroxylation is 2. The zero-order valence-corrected chi connectivity index (χ0v) is 15.5. The molecule has 0 aliphatic carbocycles. The summed E-state index contributed by atoms with van der Waals surface area (Å²) in [7, 11) is 0. The second-order valence-electron chi connectivity index (χ2n) is 6.86. The minimum absolute atomic E-state index is 0.0172. The molecule has 134 valence electrons. The smallest absolute Gasteiger partial charge is 0.322 e. The number of rotatable bonds is 3. The molecule has 0 saturated carbocycles. The van der Waals surface area contributed by atoms with E-state index in [1.165, 1.54) is 27.6 Å². The normalized spacial score (nSPS) is 13.7. The molecule has 0 radical (unpaired) electrons. The topological polar surface area (TPSA) is 37.3 Å². The van der Waals surface area contributed by atoms with Crippen LogP contribution in [0.25, 0.3) is 10.9 Å². The van der Waals surface area contributed by atoms with Crippen LogP contribution in [-0.2, 0) is 25.9 Å². The second-order valence-corrected chi connectivity index (χ2v) is 6.86. The summed E-state index contributed by atoms with van der Waals surface area (Å²) in [5.41, 5.74) is 5.94. The highest BCUT2D eigenvalue weighted by Crippen LogP contribution is 2.30. The van der Waals surface area contributed by atoms with Crippen molar-refractivity contribution in [1.82, 2.24) is 9.47 Å². The molecule has 0 fully saturated rings. The van der Waals surface area contributed by atoms with Gasteiger partial charge in [-0.05, 0) is 48.6 Å². The van der Waals surface area contributed by atoms with Crippen LogP contribution in [0, 0.1) is 0 Å². The van der Waals surface area contributed by atoms with Gasteiger partial charge in [-0.15, -0.1) is 0 Å². The van der Waals surface area contributed by atoms with E-state index in [2.05, 4.69) is 54.2 Å². The van der Waals surface area contributed by atoms with Crippen molar-refractivity contribution in [3.05, 3.63) is 65.4 Å². The predicted octanol–water partition coefficient (Wildman–Crippen LogP) is 4.81. The third kappa shape index (κ3) is 2.85. The SMILES string of the molecule is CCc1ccccc1NC(=O)N1CCc2cn(CC)c3cccc(c23)C1. The summed E-state index contributed by atoms with van der Waals surface area (Å²) in [4.78, 5) is 14.8. The summed E-state index contributed by atoms with van der Waals surface area (Å²) in [6, 6.07) is 14.4. The Hall–Kier alpha value is -2.75. The molecule has 0 bridgehead atoms. The lowest BCUT2D eigenvalue weighted by Gasteiger charge is -2.22. The van der Waals surface area contributed by atoms with Gasteiger partial charge in [-0.1, -0.05) is 37.3 Å². The lowest BCUT2D eigenvalue weighted by atomic mass is 10.1. The molecule has 1 aliphatic rings. The number of aromatic nitrogens is 1. The van der Waals surface area contributed by atoms with E-state index in [1.54, 1.807) is 0 Å². The molecule has 0 saturated heterocycles. The van der Waals surface area contributed by atoms with E-state index in [4.69, 9.17) is 0 Å². The Bertz CT molecular complexity index is 957. The first kappa shape index (κ1) is 16.7. The van der Waals surface area contributed by atoms with Crippen LogP contribution in [0.1, 0.15) is 30.5 Å². The van der Waals surface area contributed by atoms with Crippen LogP contribution in [0.5, 0.6) is 0 Å². The van der Waals surface area contributed by atoms with Crippen molar-refractivity contribution in [3.63, 3.8) is 0 Å². The summed E-state index contributed by atoms with van der Waals surface area (Å²) in [5.74, 6) is 0. The molecule has 1 aliphatic heterocycles. The third-order valence-electron chi connectivity index (χ3n) is 5.35. The van der Waals surface area contributed by atoms with Crippen LogP contribution in [0.15, 0.2) is 48.7 Å². The van der Waals surface area contributed by atoms with E-state index in [-0.39, 0.29) is 6.03 Å². The van der Waals surface area contributed by atoms with Crippen LogP contribution >= 0.6 is 0 Å². The quantitative estimate of drug-likeness (QED) is 0.725. The van der Waals surface area contributed by atoms with Gasteiger partial charge in [0.25, 0.3) is 0 Å². The minimum atomic E-state index is -0.0172. The number of hydrogen-bond acceptors (Lipinski definition) is 1. The highest BCUT2D eigenvalue weighted by Gasteiger charge is 2.22. The largest absolute Gasteiger partial charge is 0.347 e. The number of nitrogens with one attached hydrogen (secondary N) is 1. The number of amides is 2. The monoisotopic (exact) mass is 347 g/mol. The Kier molecular flexibility index (Phi) is 4.41. The van der Waals surface area contributed by atoms with Crippen molar-refractivity contribution in [1.29, 1.82) is 0 Å². The van der Waals surface area contributed by atoms with E-state index >= 15 is 0 Å². The molecular formula is C22H25N3O. The highest BCUT2D eigenvalue weighted by molar-refractivity contribution is 5.92. The molecule has 2 heterocycles. The fourth-order valence-electron chi connectivity index (χ4n) is 3.96. The number of carbonyl (C=O) groups is 1. The molecule has 3 aromatic rings. The Morgan fingerprint density at radius 1 is 1.08 bits per heavy atom. The zero-order chi connectivity index (χ0) is 18.1. The Balaban J connectivity index is 1.61. The number of benzene rings is 2. The maximum atomic E-state index is 12.9. The number of nitrogens with zero attached hydrogens (tertiary/aromatic N) is 2. The van der Waals surface area contributed by atoms with Gasteiger partial charge in [0, 0.05) is 42.4 Å². The first-order chi connectivity index (χ1) is 12.7. The summed E-state index contributed by atoms with van der Waals surface area (Å²) < 4.78 is 2.31. The molecule has 1 N–H and O–H groups in total. The highest BCUT2D eigenvalue weighted by atomic mass is 16.2. The maximum Gasteiger partial charge on any atom is 0.322 e. The van der Waals surface area contributed by atoms with E-state index in [1.807, 2.05) is 23.1 Å². The molecule has 4 nitrogen and oxygen atoms in total. The number of hydrogen-bond donors (Lipinski definition) is 1. The van der Waals surface area contributed by atoms with Crippen molar-refractivity contribution in [2.24, 2.45) is 0 Å². The Labute approximate surface area is 154 Å². The van der Waals surface area contributed by atoms with Crippen LogP contribution in [0.4, 0.5) is 10.5 Å². The van der Waals surface area contributed by atoms with Gasteiger partial charge in [0.2, 0.25) is 0 Å². The number of urea groups is 1. The molecule has 4 rings (SSSR count). The summed E-state index contributed by atoms with van der Waals surface area (Å²) in [5, 5.41) is 4.45. The fourth-order valence-corrected chi connectivity index (χ4v) is 3.96. The molecule has 0 atom stereocenters. The fraction of sp³-hybridized carbons (Fsp3) is 0.318. The van der Waals surface area contributed by atoms with Gasteiger partial charge in [0.1, 0.15) is 0 Å². The van der Waals surface area contributed by atoms with Gasteiger partial charge in [-0.25, -0.2) is 4.79 Å². The number of anilines is 1. The van der Waals surface area contributed by atoms with Crippen molar-refractivity contribution < 1.29 is 4.79 Å². The summed E-state index contributed by atoms with van der Waals surface area (Å²) in [6.07, 6.45) is 4.05. The van der Waals surface area contributed by atoms with Gasteiger partial charge in [0.15, 0.2) is 0 Å². The zero-order valence-electron chi connectivity index (χ0n) is 15.5. The van der Waals surface area contributed by atoms with E-state index in [9.17, 15) is 4.79 Å². The standard InChI is InChI=1S/C22H25N3O/c1-3-16-8-5-6-10-19(16)23-22(26)25-13-12-18-14-24(4-2)20-11-7-9-17(15-25)21(18)20/h5-11,14H,3-4,12-13,15H2,1-2H3,(H,23,26). The van der Waals surface area contributed by atoms with Crippen LogP contribution in [0.2, 0.25) is 0 Å². The molecular weight excluding hydrogens is 322 g/mol. The molecule has 0 spiro atoms. The van der Waals surface area contributed by atoms with Crippen molar-refractivity contribution in [2.75, 3.05) is 11.9 Å². The van der Waals surface area contributed by atoms with Gasteiger partial charge in [-0.3, -0.25) is 0 Å². The molecule has 4 heteroatoms. The van der Waals surface area contributed by atoms with E-state index < -0.39 is 0 Å². The Morgan fingerprint density at radius 2 is 1.92 bits per heavy atom. The molecule has 1 aromatic heterocycles. The lowest BCUT2D eigenvalue weighted by molar-refractivity contribution is 0.210. The van der Waals surface area contributed by atoms with Gasteiger partial charge < -0.3 is 14.8 Å². The van der Waals surface area contributed by atoms with Crippen molar-refractivity contribution in [2.45, 2.75) is 39.8 Å². The average molecular weight is 347 g/mol. The van der Waals surface area contributed by atoms with E-state index in [0.717, 1.165) is 31.6 Å². The molecule has 0 unspecified atom stereocenters. The lowest BCUT2D eigenvalue weighted by Crippen LogP contribution is -2.35. The first-order valence-corrected chi connectivity index (χ1v) is 9.44. The van der Waals surface area contributed by atoms with Crippen molar-refractivity contribution in [3.8, 4) is 0 Å². The van der Waals surface area contributed by atoms with E-state index in [0.29, 0.717) is 6.54 Å². The predicted molar refractivity (Wildman–Crippen MR) is 107 cm³/mol. The first-order valence-electron chi connectivity index (χ1n) is 9.44. The van der Waals surface area contributed by atoms with Gasteiger partial charge >= 0.3 is 6.03 Å². The van der Waals surface area contributed by atoms with Crippen LogP contribution < -0.4 is 5.32 Å². The number of para-hydroxylation sites is 1. The second kappa shape index (κ2) is 6.87. The average Bonchev–Trinajstić information content (AvgIpc) is 2.92. The van der Waals surface area contributed by atoms with Crippen molar-refractivity contribution >= 4 is 22.6 Å². The number of carbonyl (C=O) groups excluding carboxylic acids is 1. The van der Waals surface area contributed by atoms with Crippen LogP contribution in [0.3, 0.4) is 0 Å². The molecule has 2 aromatic carbocycles. The van der Waals surface area contributed by atoms with Gasteiger partial charge in [0.05, 0.1) is 0 Å². The van der Waals surface area contributed by atoms with Gasteiger partial charge in [-0.2, -0.15) is 0 Å². The third-order valence-corrected chi connectivity index (χ3v) is 5.35. The maximum absolute atomic E-state index is 12.9. The summed E-state index contributed by atoms with van der Waals surface area (Å²) >= 11 is 0.